The van der Waals surface area contributed by atoms with Crippen molar-refractivity contribution in [3.05, 3.63) is 429 Å². The molecule has 20 aromatic carbocycles. The van der Waals surface area contributed by atoms with Crippen LogP contribution in [0.25, 0.3) is 221 Å². The highest BCUT2D eigenvalue weighted by Crippen LogP contribution is 2.48. The van der Waals surface area contributed by atoms with Gasteiger partial charge in [0.2, 0.25) is 0 Å². The number of nitrogens with zero attached hydrogens (tertiary/aromatic N) is 1. The number of rotatable bonds is 9. The van der Waals surface area contributed by atoms with Crippen molar-refractivity contribution < 1.29 is 0 Å². The minimum atomic E-state index is 1.11. The predicted octanol–water partition coefficient (Wildman–Crippen LogP) is 33.2. The fraction of sp³-hybridized carbons (Fsp3) is 0. The van der Waals surface area contributed by atoms with Gasteiger partial charge in [-0.25, -0.2) is 0 Å². The summed E-state index contributed by atoms with van der Waals surface area (Å²) in [7, 11) is 0. The van der Waals surface area contributed by atoms with Crippen molar-refractivity contribution in [1.82, 2.24) is 9.55 Å². The maximum Gasteiger partial charge on any atom is 0.0707 e. The lowest BCUT2D eigenvalue weighted by Gasteiger charge is -2.12. The molecule has 0 radical (unpaired) electrons. The molecule has 0 amide bonds. The first-order chi connectivity index (χ1) is 57.9. The third kappa shape index (κ3) is 12.5. The van der Waals surface area contributed by atoms with E-state index in [0.29, 0.717) is 0 Å². The molecule has 0 fully saturated rings. The molecule has 2 nitrogen and oxygen atoms in total. The van der Waals surface area contributed by atoms with E-state index in [9.17, 15) is 0 Å². The summed E-state index contributed by atoms with van der Waals surface area (Å²) in [5, 5.41) is 23.4. The summed E-state index contributed by atoms with van der Waals surface area (Å²) >= 11 is 7.32. The van der Waals surface area contributed by atoms with Crippen LogP contribution >= 0.6 is 38.6 Å². The van der Waals surface area contributed by atoms with Gasteiger partial charge < -0.3 is 9.55 Å². The summed E-state index contributed by atoms with van der Waals surface area (Å²) in [6.07, 6.45) is 4.26. The van der Waals surface area contributed by atoms with E-state index in [4.69, 9.17) is 0 Å². The third-order valence-electron chi connectivity index (χ3n) is 23.6. The molecule has 0 saturated carbocycles. The van der Waals surface area contributed by atoms with E-state index in [2.05, 4.69) is 444 Å². The lowest BCUT2D eigenvalue weighted by atomic mass is 9.92. The smallest absolute Gasteiger partial charge is 0.0707 e. The Bertz CT molecular complexity index is 7790. The summed E-state index contributed by atoms with van der Waals surface area (Å²) in [5.74, 6) is 0. The largest absolute Gasteiger partial charge is 0.360 e. The maximum atomic E-state index is 3.52. The topological polar surface area (TPSA) is 20.7 Å². The monoisotopic (exact) mass is 1590 g/mol. The average Bonchev–Trinajstić information content (AvgIpc) is 1.70. The number of benzene rings is 20. The van der Waals surface area contributed by atoms with Crippen molar-refractivity contribution >= 4 is 165 Å². The summed E-state index contributed by atoms with van der Waals surface area (Å²) < 4.78 is 8.77. The Morgan fingerprint density at radius 1 is 0.205 bits per heavy atom. The van der Waals surface area contributed by atoms with Crippen LogP contribution in [0.3, 0.4) is 0 Å². The van der Waals surface area contributed by atoms with Crippen molar-refractivity contribution in [2.75, 3.05) is 0 Å². The van der Waals surface area contributed by atoms with Gasteiger partial charge >= 0.3 is 0 Å². The molecule has 0 spiro atoms. The van der Waals surface area contributed by atoms with Crippen molar-refractivity contribution in [3.8, 4) is 94.7 Å². The molecular weight excluding hydrogens is 1520 g/mol. The number of aromatic nitrogens is 2. The summed E-state index contributed by atoms with van der Waals surface area (Å²) in [6, 6.07) is 150. The summed E-state index contributed by atoms with van der Waals surface area (Å²) in [6.45, 7) is 0. The molecule has 4 aromatic heterocycles. The Labute approximate surface area is 693 Å². The van der Waals surface area contributed by atoms with E-state index < -0.39 is 0 Å². The summed E-state index contributed by atoms with van der Waals surface area (Å²) in [4.78, 5) is 3.45. The first-order valence-electron chi connectivity index (χ1n) is 39.8. The highest BCUT2D eigenvalue weighted by molar-refractivity contribution is 9.10. The van der Waals surface area contributed by atoms with E-state index in [1.54, 1.807) is 0 Å². The molecule has 5 heteroatoms. The minimum Gasteiger partial charge on any atom is -0.360 e. The van der Waals surface area contributed by atoms with Gasteiger partial charge in [0.25, 0.3) is 0 Å². The molecule has 0 aliphatic carbocycles. The van der Waals surface area contributed by atoms with Crippen molar-refractivity contribution in [3.63, 3.8) is 0 Å². The average molecular weight is 1590 g/mol. The van der Waals surface area contributed by atoms with Gasteiger partial charge in [0, 0.05) is 64.3 Å². The SMILES string of the molecule is Brc1ccc(-c2ccc3c4ccccc4c4ccccc4c3c2)cc1.c1ccc(-c2cc(-c3ccccc3)cc(-c3cccc4c3sc3c4ccc4cc[nH]c43)c2)cc1.c1ccc(-c2cc(-c3ccccc3)cc(-c3cccc4c3sc3c4ccc4ccn(-c5ccc(-c6ccc7c8ccccc8c8ccccc8c7c6)cc5)c43)c2)cc1. The van der Waals surface area contributed by atoms with E-state index in [1.165, 1.54) is 216 Å². The Hall–Kier alpha value is -14.0. The molecule has 0 aliphatic heterocycles. The molecule has 0 bridgehead atoms. The van der Waals surface area contributed by atoms with Crippen LogP contribution in [-0.4, -0.2) is 9.55 Å². The lowest BCUT2D eigenvalue weighted by molar-refractivity contribution is 1.13. The number of nitrogens with one attached hydrogen (secondary N) is 1. The van der Waals surface area contributed by atoms with Gasteiger partial charge in [-0.05, 0) is 239 Å². The molecular formula is C112H71BrN2S2. The molecule has 117 heavy (non-hydrogen) atoms. The number of thiophene rings is 2. The van der Waals surface area contributed by atoms with Gasteiger partial charge in [-0.2, -0.15) is 0 Å². The molecule has 0 aliphatic rings. The first-order valence-corrected chi connectivity index (χ1v) is 42.3. The molecule has 24 rings (SSSR count). The van der Waals surface area contributed by atoms with Crippen LogP contribution in [0.5, 0.6) is 0 Å². The van der Waals surface area contributed by atoms with Crippen LogP contribution in [0.2, 0.25) is 0 Å². The van der Waals surface area contributed by atoms with Crippen LogP contribution < -0.4 is 0 Å². The summed E-state index contributed by atoms with van der Waals surface area (Å²) in [5.41, 5.74) is 23.4. The standard InChI is InChI=1S/C56H35NS.C32H21NS.C24H15Br/c1-3-12-36(13-4-1)41-32-42(37-14-5-2-6-15-37)34-43(33-41)45-20-11-21-51-52-29-24-39-30-31-57(54(39)56(52)58-55(45)51)44-26-22-38(23-27-44)40-25-28-50-48-18-8-7-16-46(48)47-17-9-10-19-49(47)53(50)35-40;1-3-8-21(9-4-1)24-18-25(22-10-5-2-6-11-22)20-26(19-24)27-12-7-13-28-29-15-14-23-16-17-33-30(23)32(29)34-31(27)28;25-18-12-9-16(10-13-18)17-11-14-23-21-7-2-1-5-19(21)20-6-3-4-8-22(20)24(23)15-17/h1-35H;1-20,33H;1-15H. The highest BCUT2D eigenvalue weighted by Gasteiger charge is 2.21. The van der Waals surface area contributed by atoms with E-state index >= 15 is 0 Å². The zero-order chi connectivity index (χ0) is 77.4. The second kappa shape index (κ2) is 29.4. The van der Waals surface area contributed by atoms with Gasteiger partial charge in [0.05, 0.1) is 20.4 Å². The number of hydrogen-bond acceptors (Lipinski definition) is 2. The maximum absolute atomic E-state index is 3.52. The fourth-order valence-corrected chi connectivity index (χ4v) is 20.9. The van der Waals surface area contributed by atoms with E-state index in [-0.39, 0.29) is 0 Å². The van der Waals surface area contributed by atoms with Gasteiger partial charge in [-0.1, -0.05) is 344 Å². The molecule has 0 unspecified atom stereocenters. The number of H-pyrrole nitrogens is 1. The van der Waals surface area contributed by atoms with Crippen LogP contribution in [0.4, 0.5) is 0 Å². The van der Waals surface area contributed by atoms with E-state index in [1.807, 2.05) is 28.9 Å². The second-order valence-corrected chi connectivity index (χ2v) is 33.3. The first kappa shape index (κ1) is 69.7. The van der Waals surface area contributed by atoms with E-state index in [0.717, 1.165) is 10.2 Å². The molecule has 4 heterocycles. The molecule has 24 aromatic rings. The van der Waals surface area contributed by atoms with Gasteiger partial charge in [0.1, 0.15) is 0 Å². The zero-order valence-corrected chi connectivity index (χ0v) is 66.8. The molecule has 1 N–H and O–H groups in total. The number of hydrogen-bond donors (Lipinski definition) is 1. The van der Waals surface area contributed by atoms with Gasteiger partial charge in [-0.3, -0.25) is 0 Å². The Balaban J connectivity index is 0.000000118. The quantitative estimate of drug-likeness (QED) is 0.139. The Morgan fingerprint density at radius 3 is 0.949 bits per heavy atom. The zero-order valence-electron chi connectivity index (χ0n) is 63.6. The molecule has 548 valence electrons. The van der Waals surface area contributed by atoms with Crippen molar-refractivity contribution in [2.45, 2.75) is 0 Å². The Kier molecular flexibility index (Phi) is 17.5. The number of halogens is 1. The normalized spacial score (nSPS) is 11.6. The Morgan fingerprint density at radius 2 is 0.521 bits per heavy atom. The van der Waals surface area contributed by atoms with Crippen LogP contribution in [0.1, 0.15) is 0 Å². The predicted molar refractivity (Wildman–Crippen MR) is 510 cm³/mol. The van der Waals surface area contributed by atoms with Gasteiger partial charge in [0.15, 0.2) is 0 Å². The lowest BCUT2D eigenvalue weighted by Crippen LogP contribution is -1.92. The van der Waals surface area contributed by atoms with Crippen molar-refractivity contribution in [2.24, 2.45) is 0 Å². The van der Waals surface area contributed by atoms with Crippen LogP contribution in [0, 0.1) is 0 Å². The van der Waals surface area contributed by atoms with Crippen LogP contribution in [-0.2, 0) is 0 Å². The number of aromatic amines is 1. The van der Waals surface area contributed by atoms with Crippen LogP contribution in [0.15, 0.2) is 429 Å². The minimum absolute atomic E-state index is 1.11. The third-order valence-corrected chi connectivity index (χ3v) is 26.6. The molecule has 0 atom stereocenters. The highest BCUT2D eigenvalue weighted by atomic mass is 79.9. The number of fused-ring (bicyclic) bond motifs is 22. The van der Waals surface area contributed by atoms with Crippen molar-refractivity contribution in [1.29, 1.82) is 0 Å². The molecule has 0 saturated heterocycles. The van der Waals surface area contributed by atoms with Gasteiger partial charge in [-0.15, -0.1) is 22.7 Å². The second-order valence-electron chi connectivity index (χ2n) is 30.3. The fourth-order valence-electron chi connectivity index (χ4n) is 17.9.